The molecule has 10 nitrogen and oxygen atoms in total. The molecule has 4 N–H and O–H groups in total. The molecule has 0 fully saturated rings. The van der Waals surface area contributed by atoms with E-state index in [0.29, 0.717) is 11.4 Å². The highest BCUT2D eigenvalue weighted by molar-refractivity contribution is 7.97. The second-order valence-electron chi connectivity index (χ2n) is 8.04. The van der Waals surface area contributed by atoms with Gasteiger partial charge in [-0.25, -0.2) is 19.0 Å². The quantitative estimate of drug-likeness (QED) is 0.190. The molecule has 1 unspecified atom stereocenters. The van der Waals surface area contributed by atoms with Gasteiger partial charge in [0.15, 0.2) is 0 Å². The van der Waals surface area contributed by atoms with Gasteiger partial charge in [0.2, 0.25) is 0 Å². The molecule has 3 amide bonds. The van der Waals surface area contributed by atoms with E-state index < -0.39 is 36.1 Å². The van der Waals surface area contributed by atoms with E-state index in [2.05, 4.69) is 15.6 Å². The van der Waals surface area contributed by atoms with Gasteiger partial charge >= 0.3 is 12.1 Å². The molecule has 0 saturated heterocycles. The SMILES string of the molecule is CN(SC(CCOC(=O)Nc1cc2ccccc2cn1)OC[C@@H](O)CO)C(=O)NCc1cccc(F)c1Cl. The number of nitrogens with one attached hydrogen (secondary N) is 2. The third-order valence-corrected chi connectivity index (χ3v) is 6.67. The van der Waals surface area contributed by atoms with Crippen molar-refractivity contribution in [2.24, 2.45) is 0 Å². The van der Waals surface area contributed by atoms with Crippen LogP contribution in [0.2, 0.25) is 5.02 Å². The molecule has 0 aliphatic heterocycles. The number of rotatable bonds is 12. The molecule has 2 aromatic carbocycles. The summed E-state index contributed by atoms with van der Waals surface area (Å²) in [5.74, 6) is -0.255. The van der Waals surface area contributed by atoms with Crippen molar-refractivity contribution in [3.63, 3.8) is 0 Å². The summed E-state index contributed by atoms with van der Waals surface area (Å²) in [7, 11) is 1.49. The lowest BCUT2D eigenvalue weighted by Crippen LogP contribution is -2.35. The molecule has 13 heteroatoms. The van der Waals surface area contributed by atoms with Gasteiger partial charge in [0, 0.05) is 31.6 Å². The zero-order valence-electron chi connectivity index (χ0n) is 20.5. The molecule has 0 radical (unpaired) electrons. The summed E-state index contributed by atoms with van der Waals surface area (Å²) in [6, 6.07) is 13.1. The van der Waals surface area contributed by atoms with E-state index in [-0.39, 0.29) is 31.2 Å². The van der Waals surface area contributed by atoms with Crippen LogP contribution in [0.4, 0.5) is 19.8 Å². The number of nitrogens with zero attached hydrogens (tertiary/aromatic N) is 2. The first-order valence-corrected chi connectivity index (χ1v) is 12.8. The van der Waals surface area contributed by atoms with E-state index in [9.17, 15) is 19.1 Å². The Morgan fingerprint density at radius 3 is 2.74 bits per heavy atom. The Labute approximate surface area is 228 Å². The number of hydrogen-bond acceptors (Lipinski definition) is 8. The van der Waals surface area contributed by atoms with E-state index in [1.807, 2.05) is 24.3 Å². The minimum atomic E-state index is -1.12. The minimum absolute atomic E-state index is 0.00116. The van der Waals surface area contributed by atoms with Crippen LogP contribution in [0.15, 0.2) is 54.7 Å². The highest BCUT2D eigenvalue weighted by atomic mass is 35.5. The second kappa shape index (κ2) is 14.7. The fourth-order valence-electron chi connectivity index (χ4n) is 3.17. The number of carbonyl (C=O) groups excluding carboxylic acids is 2. The summed E-state index contributed by atoms with van der Waals surface area (Å²) in [6.07, 6.45) is -0.0315. The van der Waals surface area contributed by atoms with Gasteiger partial charge in [0.05, 0.1) is 24.8 Å². The van der Waals surface area contributed by atoms with Crippen molar-refractivity contribution in [3.05, 3.63) is 71.1 Å². The molecule has 0 saturated carbocycles. The van der Waals surface area contributed by atoms with Gasteiger partial charge in [-0.1, -0.05) is 48.0 Å². The third-order valence-electron chi connectivity index (χ3n) is 5.16. The summed E-state index contributed by atoms with van der Waals surface area (Å²) < 4.78 is 25.7. The van der Waals surface area contributed by atoms with Crippen molar-refractivity contribution in [1.29, 1.82) is 0 Å². The normalized spacial score (nSPS) is 12.6. The number of hydrogen-bond donors (Lipinski definition) is 4. The number of ether oxygens (including phenoxy) is 2. The van der Waals surface area contributed by atoms with Crippen molar-refractivity contribution in [1.82, 2.24) is 14.6 Å². The minimum Gasteiger partial charge on any atom is -0.449 e. The molecule has 0 spiro atoms. The molecule has 1 heterocycles. The van der Waals surface area contributed by atoms with Gasteiger partial charge in [0.25, 0.3) is 0 Å². The molecule has 3 rings (SSSR count). The maximum Gasteiger partial charge on any atom is 0.412 e. The fraction of sp³-hybridized carbons (Fsp3) is 0.320. The molecule has 0 aliphatic carbocycles. The average Bonchev–Trinajstić information content (AvgIpc) is 2.91. The van der Waals surface area contributed by atoms with E-state index in [4.69, 9.17) is 26.2 Å². The largest absolute Gasteiger partial charge is 0.449 e. The number of amides is 3. The van der Waals surface area contributed by atoms with Gasteiger partial charge < -0.3 is 25.0 Å². The van der Waals surface area contributed by atoms with Crippen LogP contribution in [0.1, 0.15) is 12.0 Å². The number of fused-ring (bicyclic) bond motifs is 1. The van der Waals surface area contributed by atoms with Gasteiger partial charge in [-0.15, -0.1) is 0 Å². The first-order chi connectivity index (χ1) is 18.3. The van der Waals surface area contributed by atoms with E-state index in [1.54, 1.807) is 18.3 Å². The Morgan fingerprint density at radius 2 is 1.97 bits per heavy atom. The van der Waals surface area contributed by atoms with Gasteiger partial charge in [-0.05, 0) is 35.0 Å². The Balaban J connectivity index is 1.50. The Kier molecular flexibility index (Phi) is 11.4. The molecular formula is C25H28ClFN4O6S. The monoisotopic (exact) mass is 566 g/mol. The maximum absolute atomic E-state index is 13.6. The topological polar surface area (TPSA) is 133 Å². The lowest BCUT2D eigenvalue weighted by molar-refractivity contribution is -0.00823. The van der Waals surface area contributed by atoms with Crippen molar-refractivity contribution in [3.8, 4) is 0 Å². The van der Waals surface area contributed by atoms with Crippen molar-refractivity contribution < 1.29 is 33.7 Å². The molecule has 204 valence electrons. The van der Waals surface area contributed by atoms with Crippen molar-refractivity contribution >= 4 is 52.3 Å². The fourth-order valence-corrected chi connectivity index (χ4v) is 4.22. The van der Waals surface area contributed by atoms with E-state index in [0.717, 1.165) is 22.7 Å². The molecular weight excluding hydrogens is 539 g/mol. The predicted octanol–water partition coefficient (Wildman–Crippen LogP) is 4.15. The number of halogens is 2. The zero-order valence-corrected chi connectivity index (χ0v) is 22.0. The van der Waals surface area contributed by atoms with E-state index >= 15 is 0 Å². The van der Waals surface area contributed by atoms with Crippen LogP contribution in [-0.4, -0.2) is 70.0 Å². The highest BCUT2D eigenvalue weighted by Crippen LogP contribution is 2.22. The number of aromatic nitrogens is 1. The van der Waals surface area contributed by atoms with Crippen LogP contribution < -0.4 is 10.6 Å². The standard InChI is InChI=1S/C25H28ClFN4O6S/c1-31(24(34)29-13-18-7-4-8-20(27)23(18)26)38-22(37-15-19(33)14-32)9-10-36-25(35)30-21-11-16-5-2-3-6-17(16)12-28-21/h2-8,11-12,19,22,32-33H,9-10,13-15H2,1H3,(H,29,34)(H,28,30,35)/t19-,22?/m0/s1. The van der Waals surface area contributed by atoms with Crippen molar-refractivity contribution in [2.75, 3.05) is 32.2 Å². The molecule has 38 heavy (non-hydrogen) atoms. The van der Waals surface area contributed by atoms with Crippen LogP contribution in [-0.2, 0) is 16.0 Å². The van der Waals surface area contributed by atoms with Crippen molar-refractivity contribution in [2.45, 2.75) is 24.5 Å². The number of pyridine rings is 1. The van der Waals surface area contributed by atoms with Crippen LogP contribution in [0, 0.1) is 5.82 Å². The molecule has 1 aromatic heterocycles. The van der Waals surface area contributed by atoms with Gasteiger partial charge in [0.1, 0.15) is 23.2 Å². The van der Waals surface area contributed by atoms with Gasteiger partial charge in [-0.2, -0.15) is 0 Å². The number of aliphatic hydroxyl groups excluding tert-OH is 2. The van der Waals surface area contributed by atoms with Crippen LogP contribution >= 0.6 is 23.5 Å². The lowest BCUT2D eigenvalue weighted by atomic mass is 10.2. The average molecular weight is 567 g/mol. The van der Waals surface area contributed by atoms with Crippen LogP contribution in [0.5, 0.6) is 0 Å². The molecule has 2 atom stereocenters. The summed E-state index contributed by atoms with van der Waals surface area (Å²) in [6.45, 7) is -0.767. The second-order valence-corrected chi connectivity index (χ2v) is 9.70. The number of urea groups is 1. The predicted molar refractivity (Wildman–Crippen MR) is 143 cm³/mol. The molecule has 3 aromatic rings. The number of benzene rings is 2. The van der Waals surface area contributed by atoms with Crippen LogP contribution in [0.25, 0.3) is 10.8 Å². The lowest BCUT2D eigenvalue weighted by Gasteiger charge is -2.24. The highest BCUT2D eigenvalue weighted by Gasteiger charge is 2.20. The number of carbonyl (C=O) groups is 2. The molecule has 0 bridgehead atoms. The first-order valence-electron chi connectivity index (χ1n) is 11.6. The zero-order chi connectivity index (χ0) is 27.5. The first kappa shape index (κ1) is 29.4. The smallest absolute Gasteiger partial charge is 0.412 e. The summed E-state index contributed by atoms with van der Waals surface area (Å²) in [5.41, 5.74) is -0.297. The molecule has 0 aliphatic rings. The number of aliphatic hydroxyl groups is 2. The summed E-state index contributed by atoms with van der Waals surface area (Å²) >= 11 is 6.91. The summed E-state index contributed by atoms with van der Waals surface area (Å²) in [5, 5.41) is 25.7. The maximum atomic E-state index is 13.6. The third kappa shape index (κ3) is 8.99. The Hall–Kier alpha value is -3.16. The Morgan fingerprint density at radius 1 is 1.21 bits per heavy atom. The van der Waals surface area contributed by atoms with Gasteiger partial charge in [-0.3, -0.25) is 9.62 Å². The van der Waals surface area contributed by atoms with E-state index in [1.165, 1.54) is 23.5 Å². The number of anilines is 1. The van der Waals surface area contributed by atoms with Crippen LogP contribution in [0.3, 0.4) is 0 Å². The summed E-state index contributed by atoms with van der Waals surface area (Å²) in [4.78, 5) is 29.0. The Bertz CT molecular complexity index is 1240.